The molecule has 0 radical (unpaired) electrons. The van der Waals surface area contributed by atoms with Crippen LogP contribution in [0.3, 0.4) is 0 Å². The first-order valence-electron chi connectivity index (χ1n) is 6.91. The molecule has 1 aromatic carbocycles. The van der Waals surface area contributed by atoms with Gasteiger partial charge in [-0.15, -0.1) is 0 Å². The van der Waals surface area contributed by atoms with Gasteiger partial charge in [-0.25, -0.2) is 9.83 Å². The number of H-pyrrole nitrogens is 1. The largest absolute Gasteiger partial charge is 0.396 e. The average Bonchev–Trinajstić information content (AvgIpc) is 2.88. The number of nitrogens with one attached hydrogen (secondary N) is 1. The number of aryl methyl sites for hydroxylation is 1. The number of hydrogen-bond acceptors (Lipinski definition) is 3. The minimum Gasteiger partial charge on any atom is -0.396 e. The summed E-state index contributed by atoms with van der Waals surface area (Å²) in [6.45, 7) is 7.95. The Labute approximate surface area is 126 Å². The van der Waals surface area contributed by atoms with Gasteiger partial charge in [0.25, 0.3) is 5.56 Å². The number of benzene rings is 1. The molecule has 0 saturated carbocycles. The van der Waals surface area contributed by atoms with Gasteiger partial charge in [0.1, 0.15) is 11.0 Å². The van der Waals surface area contributed by atoms with Crippen LogP contribution in [0.1, 0.15) is 6.42 Å². The molecule has 3 aromatic rings. The van der Waals surface area contributed by atoms with Crippen LogP contribution in [-0.2, 0) is 6.54 Å². The Morgan fingerprint density at radius 1 is 1.32 bits per heavy atom. The van der Waals surface area contributed by atoms with E-state index >= 15 is 0 Å². The van der Waals surface area contributed by atoms with E-state index in [1.807, 2.05) is 30.3 Å². The summed E-state index contributed by atoms with van der Waals surface area (Å²) >= 11 is 0. The van der Waals surface area contributed by atoms with E-state index in [9.17, 15) is 4.79 Å². The lowest BCUT2D eigenvalue weighted by Gasteiger charge is -2.10. The van der Waals surface area contributed by atoms with Gasteiger partial charge < -0.3 is 14.7 Å². The zero-order valence-corrected chi connectivity index (χ0v) is 11.8. The van der Waals surface area contributed by atoms with Crippen molar-refractivity contribution in [2.45, 2.75) is 13.0 Å². The van der Waals surface area contributed by atoms with Crippen LogP contribution in [0.5, 0.6) is 0 Å². The molecule has 0 saturated heterocycles. The number of fused-ring (bicyclic) bond motifs is 1. The summed E-state index contributed by atoms with van der Waals surface area (Å²) in [5, 5.41) is 9.12. The third-order valence-electron chi connectivity index (χ3n) is 3.52. The number of hydrogen-bond donors (Lipinski definition) is 2. The monoisotopic (exact) mass is 294 g/mol. The highest BCUT2D eigenvalue weighted by Crippen LogP contribution is 2.38. The van der Waals surface area contributed by atoms with Crippen molar-refractivity contribution in [3.05, 3.63) is 58.4 Å². The molecule has 3 rings (SSSR count). The maximum Gasteiger partial charge on any atom is 0.273 e. The predicted octanol–water partition coefficient (Wildman–Crippen LogP) is 2.32. The summed E-state index contributed by atoms with van der Waals surface area (Å²) in [5.41, 5.74) is 2.38. The summed E-state index contributed by atoms with van der Waals surface area (Å²) in [5.74, 6) is 0. The molecule has 6 nitrogen and oxygen atoms in total. The van der Waals surface area contributed by atoms with Crippen LogP contribution in [0, 0.1) is 6.57 Å². The third-order valence-corrected chi connectivity index (χ3v) is 3.52. The number of aliphatic hydroxyl groups is 1. The van der Waals surface area contributed by atoms with Gasteiger partial charge in [-0.2, -0.15) is 0 Å². The van der Waals surface area contributed by atoms with Gasteiger partial charge >= 0.3 is 0 Å². The Morgan fingerprint density at radius 3 is 2.77 bits per heavy atom. The van der Waals surface area contributed by atoms with Crippen LogP contribution >= 0.6 is 0 Å². The summed E-state index contributed by atoms with van der Waals surface area (Å²) in [6, 6.07) is 9.45. The van der Waals surface area contributed by atoms with E-state index in [-0.39, 0.29) is 12.2 Å². The van der Waals surface area contributed by atoms with Gasteiger partial charge in [0.05, 0.1) is 18.6 Å². The quantitative estimate of drug-likeness (QED) is 0.725. The smallest absolute Gasteiger partial charge is 0.273 e. The van der Waals surface area contributed by atoms with Crippen molar-refractivity contribution >= 4 is 16.7 Å². The summed E-state index contributed by atoms with van der Waals surface area (Å²) in [7, 11) is 0. The molecule has 110 valence electrons. The Balaban J connectivity index is 2.41. The van der Waals surface area contributed by atoms with E-state index in [4.69, 9.17) is 11.7 Å². The number of aromatic amines is 1. The zero-order valence-electron chi connectivity index (χ0n) is 11.8. The molecular formula is C16H14N4O2. The van der Waals surface area contributed by atoms with Crippen molar-refractivity contribution in [1.82, 2.24) is 14.5 Å². The van der Waals surface area contributed by atoms with E-state index in [0.717, 1.165) is 5.56 Å². The maximum atomic E-state index is 12.2. The van der Waals surface area contributed by atoms with E-state index < -0.39 is 0 Å². The first-order chi connectivity index (χ1) is 10.8. The van der Waals surface area contributed by atoms with Crippen molar-refractivity contribution in [3.8, 4) is 11.3 Å². The van der Waals surface area contributed by atoms with Crippen molar-refractivity contribution in [2.75, 3.05) is 6.61 Å². The first kappa shape index (κ1) is 14.0. The maximum absolute atomic E-state index is 12.2. The fourth-order valence-electron chi connectivity index (χ4n) is 2.61. The van der Waals surface area contributed by atoms with Crippen LogP contribution in [0.2, 0.25) is 0 Å². The predicted molar refractivity (Wildman–Crippen MR) is 83.8 cm³/mol. The molecule has 2 aromatic heterocycles. The minimum absolute atomic E-state index is 0.0133. The van der Waals surface area contributed by atoms with Crippen molar-refractivity contribution in [3.63, 3.8) is 0 Å². The van der Waals surface area contributed by atoms with Gasteiger partial charge in [-0.3, -0.25) is 4.79 Å². The minimum atomic E-state index is -0.282. The standard InChI is InChI=1S/C16H14N4O2/c1-17-12-13-15(16(22)19-10-18-13)20(8-5-9-21)14(12)11-6-3-2-4-7-11/h2-4,6-7,10,21H,5,8-9H2,(H,18,19,22). The molecule has 0 bridgehead atoms. The van der Waals surface area contributed by atoms with Gasteiger partial charge in [0.15, 0.2) is 0 Å². The fourth-order valence-corrected chi connectivity index (χ4v) is 2.61. The summed E-state index contributed by atoms with van der Waals surface area (Å²) in [4.78, 5) is 22.5. The van der Waals surface area contributed by atoms with Crippen LogP contribution in [-0.4, -0.2) is 26.2 Å². The topological polar surface area (TPSA) is 75.3 Å². The van der Waals surface area contributed by atoms with Gasteiger partial charge in [-0.05, 0) is 12.0 Å². The highest BCUT2D eigenvalue weighted by Gasteiger charge is 2.21. The molecule has 2 N–H and O–H groups in total. The third kappa shape index (κ3) is 2.18. The molecule has 6 heteroatoms. The van der Waals surface area contributed by atoms with E-state index in [2.05, 4.69) is 14.8 Å². The molecule has 22 heavy (non-hydrogen) atoms. The molecule has 0 spiro atoms. The van der Waals surface area contributed by atoms with Gasteiger partial charge in [0, 0.05) is 13.2 Å². The second-order valence-electron chi connectivity index (χ2n) is 4.83. The number of aromatic nitrogens is 3. The van der Waals surface area contributed by atoms with Gasteiger partial charge in [0.2, 0.25) is 5.69 Å². The van der Waals surface area contributed by atoms with Crippen molar-refractivity contribution < 1.29 is 5.11 Å². The van der Waals surface area contributed by atoms with E-state index in [1.54, 1.807) is 4.57 Å². The fraction of sp³-hybridized carbons (Fsp3) is 0.188. The lowest BCUT2D eigenvalue weighted by molar-refractivity contribution is 0.281. The molecule has 0 unspecified atom stereocenters. The molecule has 0 aliphatic carbocycles. The average molecular weight is 294 g/mol. The van der Waals surface area contributed by atoms with Crippen molar-refractivity contribution in [1.29, 1.82) is 0 Å². The second-order valence-corrected chi connectivity index (χ2v) is 4.83. The first-order valence-corrected chi connectivity index (χ1v) is 6.91. The van der Waals surface area contributed by atoms with Crippen LogP contribution in [0.25, 0.3) is 27.1 Å². The Kier molecular flexibility index (Phi) is 3.73. The SMILES string of the molecule is [C-]#[N+]c1c(-c2ccccc2)n(CCCO)c2c(=O)[nH]cnc12. The number of rotatable bonds is 4. The zero-order chi connectivity index (χ0) is 15.5. The van der Waals surface area contributed by atoms with Crippen molar-refractivity contribution in [2.24, 2.45) is 0 Å². The van der Waals surface area contributed by atoms with E-state index in [1.165, 1.54) is 6.33 Å². The lowest BCUT2D eigenvalue weighted by Crippen LogP contribution is -2.12. The lowest BCUT2D eigenvalue weighted by atomic mass is 10.1. The highest BCUT2D eigenvalue weighted by atomic mass is 16.3. The molecule has 0 fully saturated rings. The molecule has 0 atom stereocenters. The van der Waals surface area contributed by atoms with Gasteiger partial charge in [-0.1, -0.05) is 30.3 Å². The normalized spacial score (nSPS) is 10.7. The summed E-state index contributed by atoms with van der Waals surface area (Å²) < 4.78 is 1.78. The number of nitrogens with zero attached hydrogens (tertiary/aromatic N) is 3. The van der Waals surface area contributed by atoms with Crippen LogP contribution in [0.4, 0.5) is 5.69 Å². The molecule has 0 aliphatic rings. The highest BCUT2D eigenvalue weighted by molar-refractivity contribution is 5.99. The second kappa shape index (κ2) is 5.84. The Morgan fingerprint density at radius 2 is 2.09 bits per heavy atom. The Hall–Kier alpha value is -2.91. The summed E-state index contributed by atoms with van der Waals surface area (Å²) in [6.07, 6.45) is 1.81. The molecule has 0 aliphatic heterocycles. The van der Waals surface area contributed by atoms with Crippen LogP contribution < -0.4 is 5.56 Å². The molecule has 0 amide bonds. The molecular weight excluding hydrogens is 280 g/mol. The number of aliphatic hydroxyl groups excluding tert-OH is 1. The van der Waals surface area contributed by atoms with Crippen LogP contribution in [0.15, 0.2) is 41.5 Å². The van der Waals surface area contributed by atoms with E-state index in [0.29, 0.717) is 35.4 Å². The Bertz CT molecular complexity index is 904. The molecule has 2 heterocycles.